The van der Waals surface area contributed by atoms with E-state index in [0.717, 1.165) is 0 Å². The molecule has 1 saturated carbocycles. The summed E-state index contributed by atoms with van der Waals surface area (Å²) < 4.78 is 24.8. The van der Waals surface area contributed by atoms with Gasteiger partial charge in [-0.2, -0.15) is 0 Å². The molecular formula is C6H11F2N. The number of nitrogens with two attached hydrogens (primary N) is 1. The molecule has 2 N–H and O–H groups in total. The van der Waals surface area contributed by atoms with Gasteiger partial charge in [-0.3, -0.25) is 0 Å². The lowest BCUT2D eigenvalue weighted by Crippen LogP contribution is -2.38. The highest BCUT2D eigenvalue weighted by Crippen LogP contribution is 2.22. The lowest BCUT2D eigenvalue weighted by atomic mass is 9.93. The summed E-state index contributed by atoms with van der Waals surface area (Å²) >= 11 is 0. The van der Waals surface area contributed by atoms with Crippen molar-refractivity contribution in [3.63, 3.8) is 0 Å². The van der Waals surface area contributed by atoms with Crippen molar-refractivity contribution in [3.05, 3.63) is 0 Å². The Morgan fingerprint density at radius 3 is 2.33 bits per heavy atom. The average molecular weight is 135 g/mol. The van der Waals surface area contributed by atoms with Gasteiger partial charge in [-0.05, 0) is 12.8 Å². The minimum absolute atomic E-state index is 0.00116. The lowest BCUT2D eigenvalue weighted by molar-refractivity contribution is 0.138. The van der Waals surface area contributed by atoms with Crippen molar-refractivity contribution in [3.8, 4) is 0 Å². The molecular weight excluding hydrogens is 124 g/mol. The van der Waals surface area contributed by atoms with Crippen LogP contribution in [-0.2, 0) is 0 Å². The number of hydrogen-bond donors (Lipinski definition) is 1. The third-order valence-corrected chi connectivity index (χ3v) is 1.76. The van der Waals surface area contributed by atoms with E-state index in [4.69, 9.17) is 5.73 Å². The lowest BCUT2D eigenvalue weighted by Gasteiger charge is -2.24. The highest BCUT2D eigenvalue weighted by Gasteiger charge is 2.27. The fourth-order valence-corrected chi connectivity index (χ4v) is 1.09. The van der Waals surface area contributed by atoms with Crippen LogP contribution < -0.4 is 5.73 Å². The molecule has 0 radical (unpaired) electrons. The first-order valence-electron chi connectivity index (χ1n) is 3.24. The zero-order valence-corrected chi connectivity index (χ0v) is 5.19. The van der Waals surface area contributed by atoms with Crippen molar-refractivity contribution in [2.24, 2.45) is 5.73 Å². The first kappa shape index (κ1) is 6.93. The molecule has 0 aromatic carbocycles. The quantitative estimate of drug-likeness (QED) is 0.530. The summed E-state index contributed by atoms with van der Waals surface area (Å²) in [6, 6.07) is -0.419. The van der Waals surface area contributed by atoms with E-state index in [2.05, 4.69) is 0 Å². The number of halogens is 2. The van der Waals surface area contributed by atoms with Gasteiger partial charge in [0, 0.05) is 12.5 Å². The maximum absolute atomic E-state index is 12.5. The fraction of sp³-hybridized carbons (Fsp3) is 1.00. The zero-order valence-electron chi connectivity index (χ0n) is 5.19. The van der Waals surface area contributed by atoms with Crippen LogP contribution >= 0.6 is 0 Å². The molecule has 1 fully saturated rings. The van der Waals surface area contributed by atoms with Crippen LogP contribution in [0.15, 0.2) is 0 Å². The predicted octanol–water partition coefficient (Wildman–Crippen LogP) is 1.17. The van der Waals surface area contributed by atoms with Crippen LogP contribution in [0.4, 0.5) is 8.78 Å². The topological polar surface area (TPSA) is 26.0 Å². The van der Waals surface area contributed by atoms with Crippen molar-refractivity contribution in [2.45, 2.75) is 37.6 Å². The second-order valence-corrected chi connectivity index (χ2v) is 2.59. The maximum Gasteiger partial charge on any atom is 0.118 e. The first-order valence-corrected chi connectivity index (χ1v) is 3.24. The summed E-state index contributed by atoms with van der Waals surface area (Å²) in [7, 11) is 0. The average Bonchev–Trinajstić information content (AvgIpc) is 1.80. The summed E-state index contributed by atoms with van der Waals surface area (Å²) in [5, 5.41) is 0. The molecule has 1 rings (SSSR count). The van der Waals surface area contributed by atoms with Crippen molar-refractivity contribution in [1.29, 1.82) is 0 Å². The van der Waals surface area contributed by atoms with Crippen LogP contribution in [0.25, 0.3) is 0 Å². The van der Waals surface area contributed by atoms with Crippen LogP contribution in [0.2, 0.25) is 0 Å². The molecule has 0 aromatic rings. The number of hydrogen-bond acceptors (Lipinski definition) is 1. The summed E-state index contributed by atoms with van der Waals surface area (Å²) in [6.07, 6.45) is -1.15. The Morgan fingerprint density at radius 2 is 1.89 bits per heavy atom. The fourth-order valence-electron chi connectivity index (χ4n) is 1.09. The van der Waals surface area contributed by atoms with Gasteiger partial charge in [0.05, 0.1) is 0 Å². The minimum Gasteiger partial charge on any atom is -0.325 e. The number of rotatable bonds is 0. The van der Waals surface area contributed by atoms with Crippen LogP contribution in [-0.4, -0.2) is 18.4 Å². The Labute approximate surface area is 53.2 Å². The molecule has 0 spiro atoms. The Balaban J connectivity index is 2.35. The van der Waals surface area contributed by atoms with Crippen molar-refractivity contribution in [2.75, 3.05) is 0 Å². The van der Waals surface area contributed by atoms with E-state index in [1.165, 1.54) is 0 Å². The number of alkyl halides is 2. The molecule has 0 aliphatic heterocycles. The van der Waals surface area contributed by atoms with Gasteiger partial charge in [-0.25, -0.2) is 8.78 Å². The summed E-state index contributed by atoms with van der Waals surface area (Å²) in [6.45, 7) is 0. The van der Waals surface area contributed by atoms with Crippen molar-refractivity contribution < 1.29 is 8.78 Å². The highest BCUT2D eigenvalue weighted by molar-refractivity contribution is 4.81. The molecule has 3 atom stereocenters. The molecule has 3 heteroatoms. The van der Waals surface area contributed by atoms with Gasteiger partial charge in [0.1, 0.15) is 12.3 Å². The molecule has 0 bridgehead atoms. The molecule has 9 heavy (non-hydrogen) atoms. The molecule has 0 heterocycles. The smallest absolute Gasteiger partial charge is 0.118 e. The Kier molecular flexibility index (Phi) is 2.01. The monoisotopic (exact) mass is 135 g/mol. The second kappa shape index (κ2) is 2.60. The van der Waals surface area contributed by atoms with Crippen LogP contribution in [0.3, 0.4) is 0 Å². The van der Waals surface area contributed by atoms with Gasteiger partial charge >= 0.3 is 0 Å². The van der Waals surface area contributed by atoms with Gasteiger partial charge < -0.3 is 5.73 Å². The van der Waals surface area contributed by atoms with E-state index in [0.29, 0.717) is 12.8 Å². The van der Waals surface area contributed by atoms with Crippen LogP contribution in [0.5, 0.6) is 0 Å². The van der Waals surface area contributed by atoms with Gasteiger partial charge in [-0.1, -0.05) is 0 Å². The van der Waals surface area contributed by atoms with Crippen molar-refractivity contribution in [1.82, 2.24) is 0 Å². The third kappa shape index (κ3) is 1.61. The van der Waals surface area contributed by atoms with E-state index in [1.54, 1.807) is 0 Å². The van der Waals surface area contributed by atoms with Gasteiger partial charge in [0.15, 0.2) is 0 Å². The summed E-state index contributed by atoms with van der Waals surface area (Å²) in [5.74, 6) is 0. The minimum atomic E-state index is -1.12. The SMILES string of the molecule is NC1CCC(F)CC1F. The molecule has 0 aromatic heterocycles. The van der Waals surface area contributed by atoms with Crippen LogP contribution in [0.1, 0.15) is 19.3 Å². The Bertz CT molecular complexity index is 97.1. The molecule has 3 unspecified atom stereocenters. The third-order valence-electron chi connectivity index (χ3n) is 1.76. The van der Waals surface area contributed by atoms with E-state index < -0.39 is 18.4 Å². The molecule has 1 nitrogen and oxygen atoms in total. The molecule has 0 amide bonds. The van der Waals surface area contributed by atoms with E-state index in [-0.39, 0.29) is 6.42 Å². The molecule has 54 valence electrons. The van der Waals surface area contributed by atoms with E-state index >= 15 is 0 Å². The Hall–Kier alpha value is -0.180. The van der Waals surface area contributed by atoms with E-state index in [1.807, 2.05) is 0 Å². The second-order valence-electron chi connectivity index (χ2n) is 2.59. The standard InChI is InChI=1S/C6H11F2N/c7-4-1-2-6(9)5(8)3-4/h4-6H,1-3,9H2. The zero-order chi connectivity index (χ0) is 6.85. The van der Waals surface area contributed by atoms with Gasteiger partial charge in [-0.15, -0.1) is 0 Å². The van der Waals surface area contributed by atoms with Gasteiger partial charge in [0.2, 0.25) is 0 Å². The van der Waals surface area contributed by atoms with E-state index in [9.17, 15) is 8.78 Å². The molecule has 1 aliphatic carbocycles. The normalized spacial score (nSPS) is 45.0. The maximum atomic E-state index is 12.5. The first-order chi connectivity index (χ1) is 4.20. The summed E-state index contributed by atoms with van der Waals surface area (Å²) in [5.41, 5.74) is 5.30. The summed E-state index contributed by atoms with van der Waals surface area (Å²) in [4.78, 5) is 0. The Morgan fingerprint density at radius 1 is 1.22 bits per heavy atom. The molecule has 1 aliphatic rings. The van der Waals surface area contributed by atoms with Gasteiger partial charge in [0.25, 0.3) is 0 Å². The highest BCUT2D eigenvalue weighted by atomic mass is 19.1. The van der Waals surface area contributed by atoms with Crippen LogP contribution in [0, 0.1) is 0 Å². The largest absolute Gasteiger partial charge is 0.325 e. The van der Waals surface area contributed by atoms with Crippen molar-refractivity contribution >= 4 is 0 Å². The predicted molar refractivity (Wildman–Crippen MR) is 31.6 cm³/mol. The molecule has 0 saturated heterocycles.